The average Bonchev–Trinajstić information content (AvgIpc) is 3.06. The normalized spacial score (nSPS) is 16.1. The van der Waals surface area contributed by atoms with E-state index in [-0.39, 0.29) is 10.8 Å². The van der Waals surface area contributed by atoms with Crippen LogP contribution in [-0.4, -0.2) is 18.9 Å². The first-order chi connectivity index (χ1) is 10.5. The fourth-order valence-electron chi connectivity index (χ4n) is 2.07. The summed E-state index contributed by atoms with van der Waals surface area (Å²) >= 11 is 5.92. The molecule has 1 saturated heterocycles. The number of nitrogens with zero attached hydrogens (tertiary/aromatic N) is 2. The Balaban J connectivity index is 2.01. The molecule has 6 nitrogen and oxygen atoms in total. The molecular formula is C14H9N3O3S2. The number of thioether (sulfide) groups is 1. The van der Waals surface area contributed by atoms with Gasteiger partial charge in [-0.15, -0.1) is 0 Å². The minimum Gasteiger partial charge on any atom is -0.337 e. The quantitative estimate of drug-likeness (QED) is 0.403. The zero-order valence-electron chi connectivity index (χ0n) is 11.1. The number of thiocarbonyl (C=S) groups is 1. The molecule has 1 aromatic heterocycles. The summed E-state index contributed by atoms with van der Waals surface area (Å²) in [7, 11) is 0. The van der Waals surface area contributed by atoms with Crippen molar-refractivity contribution in [2.45, 2.75) is 0 Å². The molecule has 0 amide bonds. The molecule has 1 aromatic carbocycles. The number of nitro benzene ring substituents is 1. The van der Waals surface area contributed by atoms with Crippen molar-refractivity contribution >= 4 is 45.2 Å². The standard InChI is InChI=1S/C14H9N3O3S2/c18-13-12(15-14(21)22-13)8-10-5-2-6-16(10)9-3-1-4-11(7-9)17(19)20/h1-8H,(H,15,21). The van der Waals surface area contributed by atoms with Crippen LogP contribution in [-0.2, 0) is 4.79 Å². The molecule has 1 fully saturated rings. The number of hydrogen-bond acceptors (Lipinski definition) is 5. The Kier molecular flexibility index (Phi) is 3.78. The zero-order valence-corrected chi connectivity index (χ0v) is 12.7. The maximum absolute atomic E-state index is 11.7. The molecule has 1 aliphatic rings. The minimum atomic E-state index is -0.442. The van der Waals surface area contributed by atoms with E-state index in [1.54, 1.807) is 35.0 Å². The third kappa shape index (κ3) is 2.78. The lowest BCUT2D eigenvalue weighted by molar-refractivity contribution is -0.384. The highest BCUT2D eigenvalue weighted by atomic mass is 32.2. The molecule has 8 heteroatoms. The second-order valence-corrected chi connectivity index (χ2v) is 6.09. The van der Waals surface area contributed by atoms with Crippen LogP contribution in [0.3, 0.4) is 0 Å². The van der Waals surface area contributed by atoms with Gasteiger partial charge in [0.2, 0.25) is 5.12 Å². The summed E-state index contributed by atoms with van der Waals surface area (Å²) in [5.41, 5.74) is 1.78. The first-order valence-corrected chi connectivity index (χ1v) is 7.44. The fourth-order valence-corrected chi connectivity index (χ4v) is 2.96. The van der Waals surface area contributed by atoms with Crippen LogP contribution >= 0.6 is 24.0 Å². The van der Waals surface area contributed by atoms with Crippen molar-refractivity contribution in [3.05, 3.63) is 64.1 Å². The molecule has 2 aromatic rings. The number of carbonyl (C=O) groups excluding carboxylic acids is 1. The number of benzene rings is 1. The molecule has 0 bridgehead atoms. The molecule has 3 rings (SSSR count). The Morgan fingerprint density at radius 2 is 2.14 bits per heavy atom. The zero-order chi connectivity index (χ0) is 15.7. The third-order valence-electron chi connectivity index (χ3n) is 3.03. The van der Waals surface area contributed by atoms with Crippen molar-refractivity contribution < 1.29 is 9.72 Å². The number of aromatic nitrogens is 1. The van der Waals surface area contributed by atoms with Crippen molar-refractivity contribution in [1.29, 1.82) is 0 Å². The second-order valence-electron chi connectivity index (χ2n) is 4.44. The highest BCUT2D eigenvalue weighted by Crippen LogP contribution is 2.23. The first-order valence-electron chi connectivity index (χ1n) is 6.21. The van der Waals surface area contributed by atoms with Gasteiger partial charge in [0.05, 0.1) is 16.3 Å². The van der Waals surface area contributed by atoms with Gasteiger partial charge in [0.15, 0.2) is 0 Å². The van der Waals surface area contributed by atoms with Gasteiger partial charge in [-0.05, 0) is 36.0 Å². The van der Waals surface area contributed by atoms with E-state index in [0.717, 1.165) is 17.5 Å². The van der Waals surface area contributed by atoms with Crippen LogP contribution in [0.5, 0.6) is 0 Å². The van der Waals surface area contributed by atoms with Crippen molar-refractivity contribution in [2.75, 3.05) is 0 Å². The van der Waals surface area contributed by atoms with Gasteiger partial charge in [-0.2, -0.15) is 0 Å². The molecule has 0 spiro atoms. The van der Waals surface area contributed by atoms with Gasteiger partial charge in [-0.25, -0.2) is 0 Å². The summed E-state index contributed by atoms with van der Waals surface area (Å²) in [6, 6.07) is 9.91. The lowest BCUT2D eigenvalue weighted by Crippen LogP contribution is -2.10. The Labute approximate surface area is 135 Å². The van der Waals surface area contributed by atoms with Crippen LogP contribution in [0, 0.1) is 10.1 Å². The number of nitro groups is 1. The number of nitrogens with one attached hydrogen (secondary N) is 1. The molecular weight excluding hydrogens is 322 g/mol. The molecule has 0 saturated carbocycles. The minimum absolute atomic E-state index is 0.0107. The van der Waals surface area contributed by atoms with E-state index < -0.39 is 4.92 Å². The lowest BCUT2D eigenvalue weighted by Gasteiger charge is -2.07. The Bertz CT molecular complexity index is 826. The van der Waals surface area contributed by atoms with E-state index in [4.69, 9.17) is 12.2 Å². The first kappa shape index (κ1) is 14.5. The Morgan fingerprint density at radius 3 is 2.82 bits per heavy atom. The summed E-state index contributed by atoms with van der Waals surface area (Å²) in [5, 5.41) is 13.6. The molecule has 110 valence electrons. The van der Waals surface area contributed by atoms with E-state index in [1.165, 1.54) is 12.1 Å². The van der Waals surface area contributed by atoms with Crippen LogP contribution in [0.4, 0.5) is 5.69 Å². The van der Waals surface area contributed by atoms with Crippen LogP contribution < -0.4 is 5.32 Å². The summed E-state index contributed by atoms with van der Waals surface area (Å²) < 4.78 is 2.19. The molecule has 2 heterocycles. The van der Waals surface area contributed by atoms with Gasteiger partial charge in [-0.3, -0.25) is 14.9 Å². The van der Waals surface area contributed by atoms with Crippen LogP contribution in [0.25, 0.3) is 11.8 Å². The summed E-state index contributed by atoms with van der Waals surface area (Å²) in [6.07, 6.45) is 3.45. The van der Waals surface area contributed by atoms with Crippen LogP contribution in [0.2, 0.25) is 0 Å². The smallest absolute Gasteiger partial charge is 0.271 e. The number of rotatable bonds is 3. The monoisotopic (exact) mass is 331 g/mol. The summed E-state index contributed by atoms with van der Waals surface area (Å²) in [5.74, 6) is 0. The molecule has 0 atom stereocenters. The second kappa shape index (κ2) is 5.74. The van der Waals surface area contributed by atoms with Crippen LogP contribution in [0.1, 0.15) is 5.69 Å². The van der Waals surface area contributed by atoms with Crippen molar-refractivity contribution in [3.8, 4) is 5.69 Å². The topological polar surface area (TPSA) is 77.2 Å². The van der Waals surface area contributed by atoms with Crippen molar-refractivity contribution in [3.63, 3.8) is 0 Å². The number of hydrogen-bond donors (Lipinski definition) is 1. The summed E-state index contributed by atoms with van der Waals surface area (Å²) in [4.78, 5) is 22.2. The van der Waals surface area contributed by atoms with E-state index in [2.05, 4.69) is 5.32 Å². The van der Waals surface area contributed by atoms with E-state index in [9.17, 15) is 14.9 Å². The lowest BCUT2D eigenvalue weighted by atomic mass is 10.2. The van der Waals surface area contributed by atoms with E-state index in [0.29, 0.717) is 15.7 Å². The molecule has 22 heavy (non-hydrogen) atoms. The molecule has 0 radical (unpaired) electrons. The molecule has 1 N–H and O–H groups in total. The molecule has 0 unspecified atom stereocenters. The van der Waals surface area contributed by atoms with Gasteiger partial charge in [-0.1, -0.05) is 18.3 Å². The highest BCUT2D eigenvalue weighted by molar-refractivity contribution is 8.33. The highest BCUT2D eigenvalue weighted by Gasteiger charge is 2.22. The Hall–Kier alpha value is -2.45. The summed E-state index contributed by atoms with van der Waals surface area (Å²) in [6.45, 7) is 0. The predicted molar refractivity (Wildman–Crippen MR) is 88.7 cm³/mol. The van der Waals surface area contributed by atoms with Gasteiger partial charge in [0, 0.05) is 24.0 Å². The predicted octanol–water partition coefficient (Wildman–Crippen LogP) is 2.87. The van der Waals surface area contributed by atoms with E-state index in [1.807, 2.05) is 6.07 Å². The molecule has 1 aliphatic heterocycles. The number of non-ortho nitro benzene ring substituents is 1. The average molecular weight is 331 g/mol. The van der Waals surface area contributed by atoms with Crippen molar-refractivity contribution in [2.24, 2.45) is 0 Å². The van der Waals surface area contributed by atoms with Gasteiger partial charge < -0.3 is 9.88 Å². The third-order valence-corrected chi connectivity index (χ3v) is 4.08. The maximum Gasteiger partial charge on any atom is 0.271 e. The van der Waals surface area contributed by atoms with Crippen molar-refractivity contribution in [1.82, 2.24) is 9.88 Å². The maximum atomic E-state index is 11.7. The van der Waals surface area contributed by atoms with Gasteiger partial charge >= 0.3 is 0 Å². The van der Waals surface area contributed by atoms with E-state index >= 15 is 0 Å². The SMILES string of the molecule is O=C1SC(=S)NC1=Cc1cccn1-c1cccc([N+](=O)[O-])c1. The Morgan fingerprint density at radius 1 is 1.32 bits per heavy atom. The fraction of sp³-hybridized carbons (Fsp3) is 0. The van der Waals surface area contributed by atoms with Gasteiger partial charge in [0.1, 0.15) is 4.32 Å². The largest absolute Gasteiger partial charge is 0.337 e. The van der Waals surface area contributed by atoms with Gasteiger partial charge in [0.25, 0.3) is 5.69 Å². The van der Waals surface area contributed by atoms with Crippen LogP contribution in [0.15, 0.2) is 48.3 Å². The number of carbonyl (C=O) groups is 1. The molecule has 0 aliphatic carbocycles.